The molecule has 6 heteroatoms. The van der Waals surface area contributed by atoms with Crippen molar-refractivity contribution in [3.05, 3.63) is 17.3 Å². The monoisotopic (exact) mass is 350 g/mol. The van der Waals surface area contributed by atoms with E-state index in [1.54, 1.807) is 6.07 Å². The van der Waals surface area contributed by atoms with E-state index >= 15 is 0 Å². The van der Waals surface area contributed by atoms with Gasteiger partial charge in [-0.15, -0.1) is 10.2 Å². The average molecular weight is 351 g/mol. The van der Waals surface area contributed by atoms with Crippen molar-refractivity contribution in [2.75, 3.05) is 18.0 Å². The van der Waals surface area contributed by atoms with Crippen LogP contribution in [-0.4, -0.2) is 35.2 Å². The van der Waals surface area contributed by atoms with E-state index in [1.165, 1.54) is 32.1 Å². The third-order valence-electron chi connectivity index (χ3n) is 5.19. The van der Waals surface area contributed by atoms with Gasteiger partial charge in [0.15, 0.2) is 11.0 Å². The minimum absolute atomic E-state index is 0.0432. The standard InChI is InChI=1S/C18H27ClN4O/c19-16-10-11-17(22-21-16)23-12-6-7-14(13-23)18(24)20-15-8-4-2-1-3-5-9-15/h10-11,14-15H,1-9,12-13H2,(H,20,24)/t14-/m0/s1. The Hall–Kier alpha value is -1.36. The van der Waals surface area contributed by atoms with Gasteiger partial charge in [0.25, 0.3) is 0 Å². The van der Waals surface area contributed by atoms with Crippen LogP contribution in [0.1, 0.15) is 57.8 Å². The first-order chi connectivity index (χ1) is 11.7. The quantitative estimate of drug-likeness (QED) is 0.905. The molecule has 0 aromatic carbocycles. The minimum atomic E-state index is 0.0432. The predicted molar refractivity (Wildman–Crippen MR) is 96.2 cm³/mol. The molecule has 1 aliphatic carbocycles. The lowest BCUT2D eigenvalue weighted by Gasteiger charge is -2.33. The average Bonchev–Trinajstić information content (AvgIpc) is 2.58. The maximum Gasteiger partial charge on any atom is 0.225 e. The number of piperidine rings is 1. The maximum atomic E-state index is 12.7. The van der Waals surface area contributed by atoms with Gasteiger partial charge in [-0.05, 0) is 37.8 Å². The van der Waals surface area contributed by atoms with Gasteiger partial charge in [-0.25, -0.2) is 0 Å². The first kappa shape index (κ1) is 17.5. The smallest absolute Gasteiger partial charge is 0.225 e. The number of nitrogens with one attached hydrogen (secondary N) is 1. The molecule has 24 heavy (non-hydrogen) atoms. The number of hydrogen-bond acceptors (Lipinski definition) is 4. The van der Waals surface area contributed by atoms with E-state index in [1.807, 2.05) is 6.07 Å². The van der Waals surface area contributed by atoms with Crippen LogP contribution in [0.2, 0.25) is 5.15 Å². The molecule has 1 atom stereocenters. The highest BCUT2D eigenvalue weighted by Crippen LogP contribution is 2.23. The molecule has 2 heterocycles. The SMILES string of the molecule is O=C(NC1CCCCCCC1)[C@H]1CCCN(c2ccc(Cl)nn2)C1. The third kappa shape index (κ3) is 4.82. The number of amides is 1. The molecule has 1 saturated carbocycles. The van der Waals surface area contributed by atoms with Gasteiger partial charge in [-0.1, -0.05) is 43.7 Å². The number of halogens is 1. The van der Waals surface area contributed by atoms with E-state index in [-0.39, 0.29) is 11.8 Å². The van der Waals surface area contributed by atoms with Crippen LogP contribution >= 0.6 is 11.6 Å². The van der Waals surface area contributed by atoms with Gasteiger partial charge in [0.05, 0.1) is 5.92 Å². The number of anilines is 1. The Bertz CT molecular complexity index is 528. The van der Waals surface area contributed by atoms with E-state index in [4.69, 9.17) is 11.6 Å². The molecule has 0 unspecified atom stereocenters. The summed E-state index contributed by atoms with van der Waals surface area (Å²) in [6.07, 6.45) is 10.7. The molecule has 5 nitrogen and oxygen atoms in total. The molecule has 1 aliphatic heterocycles. The third-order valence-corrected chi connectivity index (χ3v) is 5.39. The molecule has 0 spiro atoms. The molecule has 1 aromatic heterocycles. The van der Waals surface area contributed by atoms with Crippen molar-refractivity contribution in [2.45, 2.75) is 63.8 Å². The number of carbonyl (C=O) groups is 1. The second-order valence-corrected chi connectivity index (χ2v) is 7.44. The molecule has 1 aromatic rings. The zero-order chi connectivity index (χ0) is 16.8. The van der Waals surface area contributed by atoms with Crippen LogP contribution in [0.5, 0.6) is 0 Å². The van der Waals surface area contributed by atoms with Crippen LogP contribution in [0, 0.1) is 5.92 Å². The summed E-state index contributed by atoms with van der Waals surface area (Å²) >= 11 is 5.81. The highest BCUT2D eigenvalue weighted by Gasteiger charge is 2.28. The van der Waals surface area contributed by atoms with Crippen molar-refractivity contribution in [1.82, 2.24) is 15.5 Å². The first-order valence-electron chi connectivity index (χ1n) is 9.27. The van der Waals surface area contributed by atoms with E-state index in [2.05, 4.69) is 20.4 Å². The van der Waals surface area contributed by atoms with Gasteiger partial charge in [0, 0.05) is 19.1 Å². The second kappa shape index (κ2) is 8.65. The van der Waals surface area contributed by atoms with Crippen molar-refractivity contribution < 1.29 is 4.79 Å². The minimum Gasteiger partial charge on any atom is -0.354 e. The Morgan fingerprint density at radius 3 is 2.50 bits per heavy atom. The molecular weight excluding hydrogens is 324 g/mol. The van der Waals surface area contributed by atoms with Crippen LogP contribution < -0.4 is 10.2 Å². The molecule has 2 aliphatic rings. The summed E-state index contributed by atoms with van der Waals surface area (Å²) in [6.45, 7) is 1.64. The Kier molecular flexibility index (Phi) is 6.30. The van der Waals surface area contributed by atoms with Crippen molar-refractivity contribution in [1.29, 1.82) is 0 Å². The molecule has 2 fully saturated rings. The van der Waals surface area contributed by atoms with E-state index in [0.717, 1.165) is 44.6 Å². The van der Waals surface area contributed by atoms with Crippen LogP contribution in [0.4, 0.5) is 5.82 Å². The van der Waals surface area contributed by atoms with Gasteiger partial charge in [-0.3, -0.25) is 4.79 Å². The summed E-state index contributed by atoms with van der Waals surface area (Å²) in [5.74, 6) is 1.07. The molecule has 3 rings (SSSR count). The summed E-state index contributed by atoms with van der Waals surface area (Å²) < 4.78 is 0. The lowest BCUT2D eigenvalue weighted by Crippen LogP contribution is -2.46. The van der Waals surface area contributed by atoms with Gasteiger partial charge >= 0.3 is 0 Å². The molecule has 1 saturated heterocycles. The number of nitrogens with zero attached hydrogens (tertiary/aromatic N) is 3. The topological polar surface area (TPSA) is 58.1 Å². The lowest BCUT2D eigenvalue weighted by atomic mass is 9.94. The normalized spacial score (nSPS) is 23.4. The lowest BCUT2D eigenvalue weighted by molar-refractivity contribution is -0.126. The number of carbonyl (C=O) groups excluding carboxylic acids is 1. The highest BCUT2D eigenvalue weighted by atomic mass is 35.5. The van der Waals surface area contributed by atoms with Crippen LogP contribution in [0.15, 0.2) is 12.1 Å². The summed E-state index contributed by atoms with van der Waals surface area (Å²) in [5, 5.41) is 11.8. The molecule has 1 amide bonds. The Labute approximate surface area is 149 Å². The summed E-state index contributed by atoms with van der Waals surface area (Å²) in [6, 6.07) is 4.00. The fourth-order valence-electron chi connectivity index (χ4n) is 3.80. The van der Waals surface area contributed by atoms with E-state index in [9.17, 15) is 4.79 Å². The Morgan fingerprint density at radius 1 is 1.04 bits per heavy atom. The number of aromatic nitrogens is 2. The first-order valence-corrected chi connectivity index (χ1v) is 9.65. The van der Waals surface area contributed by atoms with Crippen molar-refractivity contribution in [3.8, 4) is 0 Å². The summed E-state index contributed by atoms with van der Waals surface area (Å²) in [7, 11) is 0. The molecule has 1 N–H and O–H groups in total. The van der Waals surface area contributed by atoms with Crippen molar-refractivity contribution in [3.63, 3.8) is 0 Å². The van der Waals surface area contributed by atoms with Crippen molar-refractivity contribution in [2.24, 2.45) is 5.92 Å². The second-order valence-electron chi connectivity index (χ2n) is 7.05. The fourth-order valence-corrected chi connectivity index (χ4v) is 3.90. The van der Waals surface area contributed by atoms with Crippen molar-refractivity contribution >= 4 is 23.3 Å². The molecular formula is C18H27ClN4O. The largest absolute Gasteiger partial charge is 0.354 e. The Balaban J connectivity index is 1.55. The predicted octanol–water partition coefficient (Wildman–Crippen LogP) is 3.58. The van der Waals surface area contributed by atoms with E-state index < -0.39 is 0 Å². The van der Waals surface area contributed by atoms with Gasteiger partial charge in [0.2, 0.25) is 5.91 Å². The Morgan fingerprint density at radius 2 is 1.79 bits per heavy atom. The maximum absolute atomic E-state index is 12.7. The fraction of sp³-hybridized carbons (Fsp3) is 0.722. The van der Waals surface area contributed by atoms with Crippen LogP contribution in [0.25, 0.3) is 0 Å². The van der Waals surface area contributed by atoms with Gasteiger partial charge in [-0.2, -0.15) is 0 Å². The molecule has 132 valence electrons. The molecule has 0 bridgehead atoms. The summed E-state index contributed by atoms with van der Waals surface area (Å²) in [5.41, 5.74) is 0. The van der Waals surface area contributed by atoms with Crippen LogP contribution in [-0.2, 0) is 4.79 Å². The van der Waals surface area contributed by atoms with Gasteiger partial charge in [0.1, 0.15) is 0 Å². The zero-order valence-electron chi connectivity index (χ0n) is 14.2. The van der Waals surface area contributed by atoms with E-state index in [0.29, 0.717) is 11.2 Å². The molecule has 0 radical (unpaired) electrons. The number of rotatable bonds is 3. The summed E-state index contributed by atoms with van der Waals surface area (Å²) in [4.78, 5) is 14.8. The van der Waals surface area contributed by atoms with Crippen LogP contribution in [0.3, 0.4) is 0 Å². The zero-order valence-corrected chi connectivity index (χ0v) is 15.0. The van der Waals surface area contributed by atoms with Gasteiger partial charge < -0.3 is 10.2 Å². The number of hydrogen-bond donors (Lipinski definition) is 1. The highest BCUT2D eigenvalue weighted by molar-refractivity contribution is 6.29.